The first-order chi connectivity index (χ1) is 15.9. The zero-order valence-electron chi connectivity index (χ0n) is 19.1. The van der Waals surface area contributed by atoms with Gasteiger partial charge in [0.25, 0.3) is 5.91 Å². The molecule has 0 aliphatic carbocycles. The monoisotopic (exact) mass is 453 g/mol. The number of nitrogens with one attached hydrogen (secondary N) is 1. The number of hydrogen-bond donors (Lipinski definition) is 2. The molecule has 2 N–H and O–H groups in total. The minimum absolute atomic E-state index is 0.0750. The highest BCUT2D eigenvalue weighted by Crippen LogP contribution is 2.32. The molecule has 1 saturated heterocycles. The maximum Gasteiger partial charge on any atom is 0.407 e. The van der Waals surface area contributed by atoms with Crippen LogP contribution in [0.2, 0.25) is 0 Å². The van der Waals surface area contributed by atoms with E-state index in [4.69, 9.17) is 4.74 Å². The summed E-state index contributed by atoms with van der Waals surface area (Å²) in [5.41, 5.74) is 2.92. The number of β-amino-alcohol motifs (C(OH)–C–C–N with tert-alkyl or cyclic N) is 1. The Balaban J connectivity index is 1.45. The summed E-state index contributed by atoms with van der Waals surface area (Å²) in [5.74, 6) is 0.622. The number of aliphatic hydroxyl groups is 1. The molecule has 0 spiro atoms. The van der Waals surface area contributed by atoms with Crippen molar-refractivity contribution in [1.29, 1.82) is 0 Å². The second kappa shape index (κ2) is 10.2. The van der Waals surface area contributed by atoms with Crippen LogP contribution in [-0.2, 0) is 22.5 Å². The molecule has 0 saturated carbocycles. The molecule has 8 nitrogen and oxygen atoms in total. The molecule has 2 aromatic carbocycles. The summed E-state index contributed by atoms with van der Waals surface area (Å²) in [6.45, 7) is 2.45. The molecular formula is C25H31N3O5. The fraction of sp³-hybridized carbons (Fsp3) is 0.440. The molecule has 2 aromatic rings. The van der Waals surface area contributed by atoms with Crippen LogP contribution in [0.25, 0.3) is 0 Å². The van der Waals surface area contributed by atoms with E-state index in [9.17, 15) is 14.7 Å². The van der Waals surface area contributed by atoms with Crippen molar-refractivity contribution in [3.63, 3.8) is 0 Å². The van der Waals surface area contributed by atoms with Crippen LogP contribution in [0, 0.1) is 0 Å². The molecule has 2 heterocycles. The third-order valence-corrected chi connectivity index (χ3v) is 6.38. The largest absolute Gasteiger partial charge is 0.480 e. The normalized spacial score (nSPS) is 20.6. The van der Waals surface area contributed by atoms with Gasteiger partial charge in [-0.1, -0.05) is 42.5 Å². The Kier molecular flexibility index (Phi) is 7.15. The number of hydrogen-bond acceptors (Lipinski definition) is 6. The number of rotatable bonds is 7. The average molecular weight is 454 g/mol. The van der Waals surface area contributed by atoms with Gasteiger partial charge in [-0.3, -0.25) is 9.69 Å². The highest BCUT2D eigenvalue weighted by Gasteiger charge is 2.35. The van der Waals surface area contributed by atoms with Crippen LogP contribution in [0.15, 0.2) is 48.5 Å². The number of benzene rings is 2. The summed E-state index contributed by atoms with van der Waals surface area (Å²) in [7, 11) is 3.15. The third-order valence-electron chi connectivity index (χ3n) is 6.38. The molecule has 0 radical (unpaired) electrons. The van der Waals surface area contributed by atoms with Crippen LogP contribution in [0.3, 0.4) is 0 Å². The predicted octanol–water partition coefficient (Wildman–Crippen LogP) is 2.11. The van der Waals surface area contributed by atoms with Crippen molar-refractivity contribution >= 4 is 12.0 Å². The second-order valence-electron chi connectivity index (χ2n) is 8.68. The Labute approximate surface area is 194 Å². The maximum atomic E-state index is 13.5. The number of carbonyl (C=O) groups is 2. The molecule has 33 heavy (non-hydrogen) atoms. The highest BCUT2D eigenvalue weighted by atomic mass is 16.5. The lowest BCUT2D eigenvalue weighted by molar-refractivity contribution is -0.139. The van der Waals surface area contributed by atoms with E-state index in [1.54, 1.807) is 4.90 Å². The number of alkyl carbamates (subject to hydrolysis) is 1. The van der Waals surface area contributed by atoms with Gasteiger partial charge in [-0.15, -0.1) is 0 Å². The van der Waals surface area contributed by atoms with E-state index in [1.165, 1.54) is 7.11 Å². The Morgan fingerprint density at radius 1 is 1.27 bits per heavy atom. The van der Waals surface area contributed by atoms with Crippen molar-refractivity contribution in [1.82, 2.24) is 15.1 Å². The maximum absolute atomic E-state index is 13.5. The van der Waals surface area contributed by atoms with Gasteiger partial charge in [0.2, 0.25) is 0 Å². The summed E-state index contributed by atoms with van der Waals surface area (Å²) in [4.78, 5) is 28.8. The zero-order valence-corrected chi connectivity index (χ0v) is 19.1. The average Bonchev–Trinajstić information content (AvgIpc) is 3.45. The Hall–Kier alpha value is -3.10. The summed E-state index contributed by atoms with van der Waals surface area (Å²) in [6, 6.07) is 15.5. The standard InChI is InChI=1S/C25H31N3O5/c1-27(21(18-6-4-3-5-7-18)16-28-11-10-20(29)15-28)24(30)23-13-19-12-17(8-9-22(19)33-23)14-26-25(31)32-2/h3-9,12,20-21,23,29H,10-11,13-16H2,1-2H3,(H,26,31)/t20-,21+,23-/m0/s1. The smallest absolute Gasteiger partial charge is 0.407 e. The SMILES string of the molecule is COC(=O)NCc1ccc2c(c1)C[C@@H](C(=O)N(C)[C@H](CN1CC[C@H](O)C1)c1ccccc1)O2. The molecule has 2 aliphatic heterocycles. The predicted molar refractivity (Wildman–Crippen MR) is 123 cm³/mol. The van der Waals surface area contributed by atoms with E-state index in [0.29, 0.717) is 31.8 Å². The number of likely N-dealkylation sites (tertiary alicyclic amines) is 1. The number of fused-ring (bicyclic) bond motifs is 1. The van der Waals surface area contributed by atoms with Crippen molar-refractivity contribution < 1.29 is 24.2 Å². The lowest BCUT2D eigenvalue weighted by atomic mass is 10.0. The number of methoxy groups -OCH3 is 1. The van der Waals surface area contributed by atoms with E-state index in [-0.39, 0.29) is 18.1 Å². The van der Waals surface area contributed by atoms with E-state index < -0.39 is 12.2 Å². The van der Waals surface area contributed by atoms with Gasteiger partial charge in [-0.05, 0) is 29.2 Å². The topological polar surface area (TPSA) is 91.3 Å². The second-order valence-corrected chi connectivity index (χ2v) is 8.68. The van der Waals surface area contributed by atoms with Crippen molar-refractivity contribution in [2.75, 3.05) is 33.8 Å². The van der Waals surface area contributed by atoms with E-state index >= 15 is 0 Å². The summed E-state index contributed by atoms with van der Waals surface area (Å²) < 4.78 is 10.6. The Bertz CT molecular complexity index is 983. The molecule has 0 bridgehead atoms. The Morgan fingerprint density at radius 2 is 2.06 bits per heavy atom. The summed E-state index contributed by atoms with van der Waals surface area (Å²) >= 11 is 0. The lowest BCUT2D eigenvalue weighted by Crippen LogP contribution is -2.44. The van der Waals surface area contributed by atoms with E-state index in [2.05, 4.69) is 15.0 Å². The van der Waals surface area contributed by atoms with Gasteiger partial charge in [0.1, 0.15) is 5.75 Å². The van der Waals surface area contributed by atoms with Gasteiger partial charge in [-0.25, -0.2) is 4.79 Å². The summed E-state index contributed by atoms with van der Waals surface area (Å²) in [6.07, 6.45) is -0.150. The molecule has 1 fully saturated rings. The Morgan fingerprint density at radius 3 is 2.76 bits per heavy atom. The van der Waals surface area contributed by atoms with Gasteiger partial charge in [0.15, 0.2) is 6.10 Å². The number of likely N-dealkylation sites (N-methyl/N-ethyl adjacent to an activating group) is 1. The minimum Gasteiger partial charge on any atom is -0.480 e. The molecule has 176 valence electrons. The first-order valence-corrected chi connectivity index (χ1v) is 11.3. The van der Waals surface area contributed by atoms with Crippen molar-refractivity contribution in [2.24, 2.45) is 0 Å². The number of amides is 2. The molecule has 2 amide bonds. The van der Waals surface area contributed by atoms with Gasteiger partial charge in [0, 0.05) is 39.6 Å². The van der Waals surface area contributed by atoms with Crippen LogP contribution in [0.4, 0.5) is 4.79 Å². The number of carbonyl (C=O) groups excluding carboxylic acids is 2. The van der Waals surface area contributed by atoms with Crippen LogP contribution >= 0.6 is 0 Å². The summed E-state index contributed by atoms with van der Waals surface area (Å²) in [5, 5.41) is 12.6. The quantitative estimate of drug-likeness (QED) is 0.667. The molecule has 4 rings (SSSR count). The van der Waals surface area contributed by atoms with Crippen LogP contribution in [0.1, 0.15) is 29.2 Å². The molecule has 3 atom stereocenters. The fourth-order valence-electron chi connectivity index (χ4n) is 4.53. The first-order valence-electron chi connectivity index (χ1n) is 11.3. The van der Waals surface area contributed by atoms with Gasteiger partial charge < -0.3 is 24.8 Å². The zero-order chi connectivity index (χ0) is 23.4. The van der Waals surface area contributed by atoms with Crippen LogP contribution < -0.4 is 10.1 Å². The molecule has 2 aliphatic rings. The minimum atomic E-state index is -0.593. The van der Waals surface area contributed by atoms with Crippen molar-refractivity contribution in [3.8, 4) is 5.75 Å². The van der Waals surface area contributed by atoms with Crippen molar-refractivity contribution in [3.05, 3.63) is 65.2 Å². The molecular weight excluding hydrogens is 422 g/mol. The van der Waals surface area contributed by atoms with E-state index in [1.807, 2.05) is 55.6 Å². The molecule has 8 heteroatoms. The molecule has 0 unspecified atom stereocenters. The van der Waals surface area contributed by atoms with Gasteiger partial charge in [-0.2, -0.15) is 0 Å². The highest BCUT2D eigenvalue weighted by molar-refractivity contribution is 5.83. The van der Waals surface area contributed by atoms with Crippen LogP contribution in [-0.4, -0.2) is 72.9 Å². The lowest BCUT2D eigenvalue weighted by Gasteiger charge is -2.33. The fourth-order valence-corrected chi connectivity index (χ4v) is 4.53. The molecule has 0 aromatic heterocycles. The first kappa shape index (κ1) is 23.1. The number of aliphatic hydroxyl groups excluding tert-OH is 1. The van der Waals surface area contributed by atoms with Crippen LogP contribution in [0.5, 0.6) is 5.75 Å². The van der Waals surface area contributed by atoms with E-state index in [0.717, 1.165) is 29.7 Å². The van der Waals surface area contributed by atoms with Gasteiger partial charge >= 0.3 is 6.09 Å². The number of nitrogens with zero attached hydrogens (tertiary/aromatic N) is 2. The number of ether oxygens (including phenoxy) is 2. The van der Waals surface area contributed by atoms with Gasteiger partial charge in [0.05, 0.1) is 19.3 Å². The third kappa shape index (κ3) is 5.46. The van der Waals surface area contributed by atoms with Crippen molar-refractivity contribution in [2.45, 2.75) is 37.6 Å².